The monoisotopic (exact) mass is 355 g/mol. The Morgan fingerprint density at radius 1 is 1.29 bits per heavy atom. The van der Waals surface area contributed by atoms with Gasteiger partial charge in [0.2, 0.25) is 0 Å². The molecule has 0 fully saturated rings. The Morgan fingerprint density at radius 2 is 2.12 bits per heavy atom. The molecule has 0 aliphatic rings. The van der Waals surface area contributed by atoms with Crippen LogP contribution in [-0.4, -0.2) is 9.97 Å². The average Bonchev–Trinajstić information content (AvgIpc) is 2.83. The van der Waals surface area contributed by atoms with E-state index in [1.165, 1.54) is 0 Å². The average molecular weight is 357 g/mol. The molecule has 1 aromatic carbocycles. The van der Waals surface area contributed by atoms with Gasteiger partial charge in [-0.3, -0.25) is 0 Å². The van der Waals surface area contributed by atoms with E-state index in [2.05, 4.69) is 41.8 Å². The van der Waals surface area contributed by atoms with Gasteiger partial charge in [-0.2, -0.15) is 0 Å². The summed E-state index contributed by atoms with van der Waals surface area (Å²) in [6.45, 7) is 0. The van der Waals surface area contributed by atoms with Crippen molar-refractivity contribution in [1.29, 1.82) is 0 Å². The minimum absolute atomic E-state index is 0.636. The predicted molar refractivity (Wildman–Crippen MR) is 73.6 cm³/mol. The van der Waals surface area contributed by atoms with E-state index in [4.69, 9.17) is 10.2 Å². The number of fused-ring (bicyclic) bond motifs is 1. The Balaban J connectivity index is 2.27. The van der Waals surface area contributed by atoms with E-state index in [1.54, 1.807) is 6.26 Å². The number of nitrogens with one attached hydrogen (secondary N) is 1. The van der Waals surface area contributed by atoms with Crippen molar-refractivity contribution in [2.45, 2.75) is 0 Å². The topological polar surface area (TPSA) is 67.8 Å². The number of nitrogen functional groups attached to an aromatic ring is 1. The number of hydrogen-bond donors (Lipinski definition) is 2. The molecule has 3 aromatic rings. The highest BCUT2D eigenvalue weighted by Crippen LogP contribution is 2.31. The van der Waals surface area contributed by atoms with Crippen molar-refractivity contribution in [3.63, 3.8) is 0 Å². The molecule has 86 valence electrons. The van der Waals surface area contributed by atoms with Crippen molar-refractivity contribution in [3.8, 4) is 11.4 Å². The number of aromatic nitrogens is 2. The first-order valence-electron chi connectivity index (χ1n) is 4.83. The molecule has 0 radical (unpaired) electrons. The number of furan rings is 1. The zero-order chi connectivity index (χ0) is 12.0. The van der Waals surface area contributed by atoms with Crippen LogP contribution >= 0.6 is 31.9 Å². The predicted octanol–water partition coefficient (Wildman–Crippen LogP) is 3.93. The van der Waals surface area contributed by atoms with E-state index < -0.39 is 0 Å². The number of H-pyrrole nitrogens is 1. The lowest BCUT2D eigenvalue weighted by Crippen LogP contribution is -1.86. The van der Waals surface area contributed by atoms with Crippen molar-refractivity contribution in [1.82, 2.24) is 9.97 Å². The van der Waals surface area contributed by atoms with Crippen LogP contribution in [0, 0.1) is 0 Å². The number of imidazole rings is 1. The van der Waals surface area contributed by atoms with Crippen molar-refractivity contribution < 1.29 is 4.42 Å². The van der Waals surface area contributed by atoms with Gasteiger partial charge in [-0.15, -0.1) is 0 Å². The Kier molecular flexibility index (Phi) is 2.48. The van der Waals surface area contributed by atoms with Gasteiger partial charge in [-0.25, -0.2) is 4.98 Å². The lowest BCUT2D eigenvalue weighted by Gasteiger charge is -1.94. The first kappa shape index (κ1) is 10.9. The first-order chi connectivity index (χ1) is 8.15. The molecule has 4 nitrogen and oxygen atoms in total. The van der Waals surface area contributed by atoms with E-state index in [-0.39, 0.29) is 0 Å². The molecule has 0 bridgehead atoms. The van der Waals surface area contributed by atoms with Crippen LogP contribution in [0.4, 0.5) is 5.69 Å². The molecule has 0 aliphatic carbocycles. The van der Waals surface area contributed by atoms with Gasteiger partial charge in [0.1, 0.15) is 11.3 Å². The standard InChI is InChI=1S/C11H7Br2N3O/c12-5-3-7(14)9-8(4-5)15-11(16-9)6-1-2-17-10(6)13/h1-4H,14H2,(H,15,16). The number of anilines is 1. The highest BCUT2D eigenvalue weighted by atomic mass is 79.9. The minimum Gasteiger partial charge on any atom is -0.457 e. The van der Waals surface area contributed by atoms with Crippen LogP contribution in [0.15, 0.2) is 38.0 Å². The maximum atomic E-state index is 5.91. The summed E-state index contributed by atoms with van der Waals surface area (Å²) < 4.78 is 6.75. The second kappa shape index (κ2) is 3.89. The van der Waals surface area contributed by atoms with Crippen LogP contribution in [0.3, 0.4) is 0 Å². The largest absolute Gasteiger partial charge is 0.457 e. The Morgan fingerprint density at radius 3 is 2.82 bits per heavy atom. The number of aromatic amines is 1. The fourth-order valence-electron chi connectivity index (χ4n) is 1.70. The van der Waals surface area contributed by atoms with Crippen LogP contribution < -0.4 is 5.73 Å². The molecule has 0 atom stereocenters. The summed E-state index contributed by atoms with van der Waals surface area (Å²) in [6, 6.07) is 5.61. The van der Waals surface area contributed by atoms with Crippen LogP contribution in [0.1, 0.15) is 0 Å². The molecule has 0 saturated heterocycles. The molecule has 0 aliphatic heterocycles. The normalized spacial score (nSPS) is 11.2. The summed E-state index contributed by atoms with van der Waals surface area (Å²) in [6.07, 6.45) is 1.60. The molecule has 2 aromatic heterocycles. The Bertz CT molecular complexity index is 702. The van der Waals surface area contributed by atoms with E-state index in [0.29, 0.717) is 10.4 Å². The molecule has 3 N–H and O–H groups in total. The third-order valence-corrected chi connectivity index (χ3v) is 3.53. The van der Waals surface area contributed by atoms with Crippen LogP contribution in [0.2, 0.25) is 0 Å². The van der Waals surface area contributed by atoms with Crippen LogP contribution in [0.25, 0.3) is 22.4 Å². The van der Waals surface area contributed by atoms with Gasteiger partial charge < -0.3 is 15.1 Å². The van der Waals surface area contributed by atoms with E-state index in [9.17, 15) is 0 Å². The third kappa shape index (κ3) is 1.77. The van der Waals surface area contributed by atoms with Gasteiger partial charge in [0.15, 0.2) is 4.67 Å². The number of benzene rings is 1. The number of halogens is 2. The zero-order valence-electron chi connectivity index (χ0n) is 8.50. The second-order valence-corrected chi connectivity index (χ2v) is 5.22. The number of hydrogen-bond acceptors (Lipinski definition) is 3. The summed E-state index contributed by atoms with van der Waals surface area (Å²) in [5, 5.41) is 0. The maximum Gasteiger partial charge on any atom is 0.179 e. The van der Waals surface area contributed by atoms with Crippen molar-refractivity contribution in [3.05, 3.63) is 33.6 Å². The van der Waals surface area contributed by atoms with Gasteiger partial charge in [-0.05, 0) is 34.1 Å². The van der Waals surface area contributed by atoms with Gasteiger partial charge in [0.25, 0.3) is 0 Å². The molecule has 0 amide bonds. The van der Waals surface area contributed by atoms with Crippen molar-refractivity contribution in [2.24, 2.45) is 0 Å². The second-order valence-electron chi connectivity index (χ2n) is 3.58. The summed E-state index contributed by atoms with van der Waals surface area (Å²) in [4.78, 5) is 7.67. The van der Waals surface area contributed by atoms with E-state index >= 15 is 0 Å². The molecule has 0 spiro atoms. The number of nitrogens with zero attached hydrogens (tertiary/aromatic N) is 1. The SMILES string of the molecule is Nc1cc(Br)cc2[nH]c(-c3ccoc3Br)nc12. The van der Waals surface area contributed by atoms with E-state index in [0.717, 1.165) is 26.9 Å². The summed E-state index contributed by atoms with van der Waals surface area (Å²) >= 11 is 6.73. The summed E-state index contributed by atoms with van der Waals surface area (Å²) in [7, 11) is 0. The summed E-state index contributed by atoms with van der Waals surface area (Å²) in [5.41, 5.74) is 9.07. The molecule has 3 rings (SSSR count). The Hall–Kier alpha value is -1.27. The lowest BCUT2D eigenvalue weighted by molar-refractivity contribution is 0.542. The molecular weight excluding hydrogens is 350 g/mol. The van der Waals surface area contributed by atoms with E-state index in [1.807, 2.05) is 18.2 Å². The fraction of sp³-hybridized carbons (Fsp3) is 0. The van der Waals surface area contributed by atoms with Crippen molar-refractivity contribution >= 4 is 48.6 Å². The molecule has 2 heterocycles. The molecule has 0 saturated carbocycles. The van der Waals surface area contributed by atoms with Gasteiger partial charge in [0.05, 0.1) is 23.0 Å². The minimum atomic E-state index is 0.636. The van der Waals surface area contributed by atoms with Crippen LogP contribution in [0.5, 0.6) is 0 Å². The molecular formula is C11H7Br2N3O. The van der Waals surface area contributed by atoms with Gasteiger partial charge in [0, 0.05) is 4.47 Å². The van der Waals surface area contributed by atoms with Crippen molar-refractivity contribution in [2.75, 3.05) is 5.73 Å². The fourth-order valence-corrected chi connectivity index (χ4v) is 2.60. The van der Waals surface area contributed by atoms with Crippen LogP contribution in [-0.2, 0) is 0 Å². The highest BCUT2D eigenvalue weighted by molar-refractivity contribution is 9.10. The number of nitrogens with two attached hydrogens (primary N) is 1. The number of rotatable bonds is 1. The summed E-state index contributed by atoms with van der Waals surface area (Å²) in [5.74, 6) is 0.727. The highest BCUT2D eigenvalue weighted by Gasteiger charge is 2.12. The molecule has 0 unspecified atom stereocenters. The molecule has 6 heteroatoms. The first-order valence-corrected chi connectivity index (χ1v) is 6.42. The third-order valence-electron chi connectivity index (χ3n) is 2.45. The molecule has 17 heavy (non-hydrogen) atoms. The smallest absolute Gasteiger partial charge is 0.179 e. The lowest BCUT2D eigenvalue weighted by atomic mass is 10.3. The maximum absolute atomic E-state index is 5.91. The quantitative estimate of drug-likeness (QED) is 0.649. The van der Waals surface area contributed by atoms with Gasteiger partial charge in [-0.1, -0.05) is 15.9 Å². The van der Waals surface area contributed by atoms with Gasteiger partial charge >= 0.3 is 0 Å². The zero-order valence-corrected chi connectivity index (χ0v) is 11.7. The Labute approximate surface area is 113 Å².